The van der Waals surface area contributed by atoms with Crippen LogP contribution in [0.2, 0.25) is 0 Å². The molecule has 22 heavy (non-hydrogen) atoms. The monoisotopic (exact) mass is 316 g/mol. The van der Waals surface area contributed by atoms with Crippen molar-refractivity contribution in [3.05, 3.63) is 54.2 Å². The van der Waals surface area contributed by atoms with Crippen molar-refractivity contribution >= 4 is 34.6 Å². The van der Waals surface area contributed by atoms with E-state index in [0.717, 1.165) is 16.5 Å². The van der Waals surface area contributed by atoms with Crippen molar-refractivity contribution < 1.29 is 13.8 Å². The second-order valence-corrected chi connectivity index (χ2v) is 5.50. The number of hydrogen-bond acceptors (Lipinski definition) is 3. The summed E-state index contributed by atoms with van der Waals surface area (Å²) in [6.07, 6.45) is 1.94. The van der Waals surface area contributed by atoms with Crippen molar-refractivity contribution in [3.8, 4) is 5.75 Å². The molecule has 0 atom stereocenters. The number of phenolic OH excluding ortho intramolecular Hbond substituents is 1. The number of anilines is 1. The molecule has 0 bridgehead atoms. The van der Waals surface area contributed by atoms with Crippen molar-refractivity contribution in [2.24, 2.45) is 0 Å². The van der Waals surface area contributed by atoms with E-state index in [1.165, 1.54) is 0 Å². The fourth-order valence-electron chi connectivity index (χ4n) is 2.28. The van der Waals surface area contributed by atoms with Crippen LogP contribution in [0.3, 0.4) is 0 Å². The van der Waals surface area contributed by atoms with E-state index in [9.17, 15) is 13.8 Å². The van der Waals surface area contributed by atoms with Crippen molar-refractivity contribution in [1.82, 2.24) is 4.98 Å². The second-order valence-electron chi connectivity index (χ2n) is 4.87. The van der Waals surface area contributed by atoms with Gasteiger partial charge in [0, 0.05) is 27.7 Å². The number of carbonyl (C=O) groups is 1. The summed E-state index contributed by atoms with van der Waals surface area (Å²) in [7, 11) is 0. The molecule has 1 aromatic heterocycles. The molecule has 0 aliphatic rings. The van der Waals surface area contributed by atoms with E-state index in [0.29, 0.717) is 10.6 Å². The van der Waals surface area contributed by atoms with Crippen molar-refractivity contribution in [2.75, 3.05) is 5.32 Å². The molecule has 1 amide bonds. The fourth-order valence-corrected chi connectivity index (χ4v) is 2.52. The lowest BCUT2D eigenvalue weighted by molar-refractivity contribution is -0.115. The van der Waals surface area contributed by atoms with Crippen LogP contribution in [0.4, 0.5) is 9.57 Å². The molecule has 1 heterocycles. The number of aromatic nitrogens is 1. The quantitative estimate of drug-likeness (QED) is 0.681. The Morgan fingerprint density at radius 3 is 2.73 bits per heavy atom. The first-order chi connectivity index (χ1) is 10.7. The summed E-state index contributed by atoms with van der Waals surface area (Å²) >= 11 is 0.162. The molecule has 0 unspecified atom stereocenters. The molecule has 6 heteroatoms. The number of halogens is 1. The van der Waals surface area contributed by atoms with Crippen LogP contribution in [0.5, 0.6) is 5.75 Å². The Kier molecular flexibility index (Phi) is 4.02. The first-order valence-electron chi connectivity index (χ1n) is 6.63. The highest BCUT2D eigenvalue weighted by Gasteiger charge is 2.10. The molecule has 0 fully saturated rings. The minimum atomic E-state index is -0.176. The number of benzene rings is 2. The molecular weight excluding hydrogens is 303 g/mol. The Labute approximate surface area is 130 Å². The summed E-state index contributed by atoms with van der Waals surface area (Å²) in [6.45, 7) is 0. The van der Waals surface area contributed by atoms with Crippen molar-refractivity contribution in [1.29, 1.82) is 0 Å². The van der Waals surface area contributed by atoms with Crippen LogP contribution in [-0.2, 0) is 11.2 Å². The first-order valence-corrected chi connectivity index (χ1v) is 7.35. The van der Waals surface area contributed by atoms with Gasteiger partial charge in [0.05, 0.1) is 18.6 Å². The Balaban J connectivity index is 1.73. The zero-order valence-electron chi connectivity index (χ0n) is 11.5. The van der Waals surface area contributed by atoms with Crippen LogP contribution in [-0.4, -0.2) is 16.0 Å². The summed E-state index contributed by atoms with van der Waals surface area (Å²) in [5.74, 6) is -0.0158. The van der Waals surface area contributed by atoms with Gasteiger partial charge in [0.25, 0.3) is 0 Å². The van der Waals surface area contributed by atoms with Gasteiger partial charge in [-0.3, -0.25) is 4.79 Å². The molecule has 2 aromatic carbocycles. The molecule has 3 N–H and O–H groups in total. The molecule has 0 saturated heterocycles. The molecule has 3 rings (SSSR count). The molecule has 0 spiro atoms. The van der Waals surface area contributed by atoms with E-state index in [4.69, 9.17) is 0 Å². The summed E-state index contributed by atoms with van der Waals surface area (Å²) < 4.78 is 12.4. The van der Waals surface area contributed by atoms with Crippen molar-refractivity contribution in [2.45, 2.75) is 11.3 Å². The van der Waals surface area contributed by atoms with Gasteiger partial charge in [-0.05, 0) is 48.0 Å². The topological polar surface area (TPSA) is 65.1 Å². The highest BCUT2D eigenvalue weighted by molar-refractivity contribution is 7.94. The average molecular weight is 316 g/mol. The van der Waals surface area contributed by atoms with Crippen LogP contribution in [0.1, 0.15) is 5.56 Å². The standard InChI is InChI=1S/C16H13FN2O2S/c17-22-13-4-1-11(2-5-13)19-16(21)7-10-9-18-15-6-3-12(20)8-14(10)15/h1-6,8-9,18,20H,7H2,(H,19,21). The molecule has 0 aliphatic heterocycles. The highest BCUT2D eigenvalue weighted by atomic mass is 32.2. The molecule has 3 aromatic rings. The van der Waals surface area contributed by atoms with Crippen LogP contribution >= 0.6 is 12.1 Å². The minimum Gasteiger partial charge on any atom is -0.508 e. The number of carbonyl (C=O) groups excluding carboxylic acids is 1. The maximum Gasteiger partial charge on any atom is 0.228 e. The Morgan fingerprint density at radius 2 is 2.00 bits per heavy atom. The Hall–Kier alpha value is -2.47. The average Bonchev–Trinajstić information content (AvgIpc) is 2.90. The predicted molar refractivity (Wildman–Crippen MR) is 85.7 cm³/mol. The number of aromatic amines is 1. The number of nitrogens with one attached hydrogen (secondary N) is 2. The van der Waals surface area contributed by atoms with Gasteiger partial charge in [0.15, 0.2) is 0 Å². The number of aromatic hydroxyl groups is 1. The van der Waals surface area contributed by atoms with E-state index >= 15 is 0 Å². The minimum absolute atomic E-state index is 0.160. The van der Waals surface area contributed by atoms with Gasteiger partial charge in [-0.2, -0.15) is 3.89 Å². The van der Waals surface area contributed by atoms with Gasteiger partial charge >= 0.3 is 0 Å². The molecule has 0 aliphatic carbocycles. The summed E-state index contributed by atoms with van der Waals surface area (Å²) in [6, 6.07) is 11.5. The normalized spacial score (nSPS) is 10.8. The SMILES string of the molecule is O=C(Cc1c[nH]c2ccc(O)cc12)Nc1ccc(SF)cc1. The third kappa shape index (κ3) is 3.07. The lowest BCUT2D eigenvalue weighted by Gasteiger charge is -2.05. The van der Waals surface area contributed by atoms with Gasteiger partial charge in [-0.25, -0.2) is 0 Å². The van der Waals surface area contributed by atoms with Gasteiger partial charge in [-0.1, -0.05) is 0 Å². The number of fused-ring (bicyclic) bond motifs is 1. The van der Waals surface area contributed by atoms with Crippen molar-refractivity contribution in [3.63, 3.8) is 0 Å². The van der Waals surface area contributed by atoms with E-state index in [1.54, 1.807) is 48.7 Å². The lowest BCUT2D eigenvalue weighted by atomic mass is 10.1. The zero-order chi connectivity index (χ0) is 15.5. The van der Waals surface area contributed by atoms with Gasteiger partial charge in [0.2, 0.25) is 5.91 Å². The third-order valence-corrected chi connectivity index (χ3v) is 3.78. The van der Waals surface area contributed by atoms with E-state index in [2.05, 4.69) is 10.3 Å². The lowest BCUT2D eigenvalue weighted by Crippen LogP contribution is -2.14. The highest BCUT2D eigenvalue weighted by Crippen LogP contribution is 2.24. The Morgan fingerprint density at radius 1 is 1.23 bits per heavy atom. The molecule has 0 radical (unpaired) electrons. The predicted octanol–water partition coefficient (Wildman–Crippen LogP) is 4.03. The largest absolute Gasteiger partial charge is 0.508 e. The van der Waals surface area contributed by atoms with Crippen LogP contribution in [0, 0.1) is 0 Å². The zero-order valence-corrected chi connectivity index (χ0v) is 12.3. The maximum atomic E-state index is 12.4. The maximum absolute atomic E-state index is 12.4. The van der Waals surface area contributed by atoms with E-state index in [-0.39, 0.29) is 30.2 Å². The molecular formula is C16H13FN2O2S. The summed E-state index contributed by atoms with van der Waals surface area (Å²) in [5, 5.41) is 13.1. The number of H-pyrrole nitrogens is 1. The smallest absolute Gasteiger partial charge is 0.228 e. The molecule has 4 nitrogen and oxygen atoms in total. The van der Waals surface area contributed by atoms with E-state index in [1.807, 2.05) is 0 Å². The van der Waals surface area contributed by atoms with E-state index < -0.39 is 0 Å². The van der Waals surface area contributed by atoms with Crippen LogP contribution in [0.25, 0.3) is 10.9 Å². The van der Waals surface area contributed by atoms with Gasteiger partial charge in [-0.15, -0.1) is 0 Å². The number of rotatable bonds is 4. The van der Waals surface area contributed by atoms with Crippen LogP contribution < -0.4 is 5.32 Å². The molecule has 0 saturated carbocycles. The molecule has 112 valence electrons. The number of phenols is 1. The second kappa shape index (κ2) is 6.11. The number of amides is 1. The van der Waals surface area contributed by atoms with Gasteiger partial charge in [0.1, 0.15) is 5.75 Å². The first kappa shape index (κ1) is 14.5. The Bertz CT molecular complexity index is 815. The fraction of sp³-hybridized carbons (Fsp3) is 0.0625. The third-order valence-electron chi connectivity index (χ3n) is 3.33. The number of hydrogen-bond donors (Lipinski definition) is 3. The van der Waals surface area contributed by atoms with Crippen LogP contribution in [0.15, 0.2) is 53.6 Å². The summed E-state index contributed by atoms with van der Waals surface area (Å²) in [5.41, 5.74) is 2.29. The van der Waals surface area contributed by atoms with Gasteiger partial charge < -0.3 is 15.4 Å². The summed E-state index contributed by atoms with van der Waals surface area (Å²) in [4.78, 5) is 15.7.